The molecule has 1 aromatic carbocycles. The van der Waals surface area contributed by atoms with Crippen molar-refractivity contribution in [2.24, 2.45) is 0 Å². The summed E-state index contributed by atoms with van der Waals surface area (Å²) in [6, 6.07) is 5.26. The molecule has 0 aliphatic rings. The number of aryl methyl sites for hydroxylation is 1. The van der Waals surface area contributed by atoms with Crippen LogP contribution in [0.1, 0.15) is 5.56 Å². The quantitative estimate of drug-likeness (QED) is 0.782. The maximum Gasteiger partial charge on any atom is 0.150 e. The topological polar surface area (TPSA) is 69.4 Å². The van der Waals surface area contributed by atoms with E-state index in [-0.39, 0.29) is 12.4 Å². The summed E-state index contributed by atoms with van der Waals surface area (Å²) in [7, 11) is -2.96. The Kier molecular flexibility index (Phi) is 3.57. The lowest BCUT2D eigenvalue weighted by Crippen LogP contribution is -2.12. The minimum Gasteiger partial charge on any atom is -0.493 e. The lowest BCUT2D eigenvalue weighted by molar-refractivity contribution is 0.341. The molecule has 0 amide bonds. The molecule has 0 spiro atoms. The van der Waals surface area contributed by atoms with E-state index in [2.05, 4.69) is 0 Å². The molecule has 0 radical (unpaired) electrons. The van der Waals surface area contributed by atoms with Crippen molar-refractivity contribution in [3.8, 4) is 5.75 Å². The van der Waals surface area contributed by atoms with Crippen molar-refractivity contribution in [1.82, 2.24) is 0 Å². The van der Waals surface area contributed by atoms with Crippen LogP contribution in [0.5, 0.6) is 5.75 Å². The van der Waals surface area contributed by atoms with Gasteiger partial charge < -0.3 is 10.5 Å². The Morgan fingerprint density at radius 1 is 1.40 bits per heavy atom. The van der Waals surface area contributed by atoms with E-state index in [9.17, 15) is 8.42 Å². The number of sulfone groups is 1. The second kappa shape index (κ2) is 4.53. The fourth-order valence-electron chi connectivity index (χ4n) is 1.05. The van der Waals surface area contributed by atoms with Gasteiger partial charge in [-0.25, -0.2) is 8.42 Å². The van der Waals surface area contributed by atoms with Crippen molar-refractivity contribution < 1.29 is 13.2 Å². The first-order valence-corrected chi connectivity index (χ1v) is 6.61. The monoisotopic (exact) mass is 229 g/mol. The molecule has 0 aliphatic heterocycles. The Bertz CT molecular complexity index is 440. The first-order chi connectivity index (χ1) is 6.88. The molecular formula is C10H15NO3S. The van der Waals surface area contributed by atoms with Gasteiger partial charge in [-0.2, -0.15) is 0 Å². The lowest BCUT2D eigenvalue weighted by Gasteiger charge is -2.07. The van der Waals surface area contributed by atoms with E-state index in [4.69, 9.17) is 10.5 Å². The minimum absolute atomic E-state index is 0.0242. The SMILES string of the molecule is Cc1cc(OCCS(C)(=O)=O)ccc1N. The number of anilines is 1. The zero-order valence-corrected chi connectivity index (χ0v) is 9.67. The second-order valence-corrected chi connectivity index (χ2v) is 5.76. The van der Waals surface area contributed by atoms with E-state index in [1.54, 1.807) is 18.2 Å². The van der Waals surface area contributed by atoms with Gasteiger partial charge in [-0.15, -0.1) is 0 Å². The Labute approximate surface area is 90.0 Å². The molecule has 0 bridgehead atoms. The van der Waals surface area contributed by atoms with E-state index in [0.717, 1.165) is 5.56 Å². The molecule has 0 saturated carbocycles. The summed E-state index contributed by atoms with van der Waals surface area (Å²) in [5, 5.41) is 0. The standard InChI is InChI=1S/C10H15NO3S/c1-8-7-9(3-4-10(8)11)14-5-6-15(2,12)13/h3-4,7H,5-6,11H2,1-2H3. The van der Waals surface area contributed by atoms with Gasteiger partial charge in [-0.3, -0.25) is 0 Å². The third-order valence-electron chi connectivity index (χ3n) is 1.96. The van der Waals surface area contributed by atoms with Gasteiger partial charge in [0, 0.05) is 11.9 Å². The van der Waals surface area contributed by atoms with Crippen LogP contribution in [0.4, 0.5) is 5.69 Å². The van der Waals surface area contributed by atoms with E-state index in [1.165, 1.54) is 6.26 Å². The van der Waals surface area contributed by atoms with Crippen LogP contribution in [0.15, 0.2) is 18.2 Å². The summed E-state index contributed by atoms with van der Waals surface area (Å²) in [6.07, 6.45) is 1.19. The van der Waals surface area contributed by atoms with Crippen LogP contribution in [-0.4, -0.2) is 27.0 Å². The molecule has 0 heterocycles. The normalized spacial score (nSPS) is 11.3. The number of ether oxygens (including phenoxy) is 1. The Morgan fingerprint density at radius 3 is 2.60 bits per heavy atom. The van der Waals surface area contributed by atoms with Gasteiger partial charge in [-0.1, -0.05) is 0 Å². The van der Waals surface area contributed by atoms with Crippen LogP contribution in [-0.2, 0) is 9.84 Å². The van der Waals surface area contributed by atoms with Crippen LogP contribution in [0, 0.1) is 6.92 Å². The van der Waals surface area contributed by atoms with E-state index >= 15 is 0 Å². The van der Waals surface area contributed by atoms with E-state index in [0.29, 0.717) is 11.4 Å². The molecule has 2 N–H and O–H groups in total. The first kappa shape index (κ1) is 11.8. The molecule has 0 aromatic heterocycles. The van der Waals surface area contributed by atoms with E-state index in [1.807, 2.05) is 6.92 Å². The predicted octanol–water partition coefficient (Wildman–Crippen LogP) is 1.00. The molecule has 0 atom stereocenters. The van der Waals surface area contributed by atoms with Gasteiger partial charge in [0.15, 0.2) is 9.84 Å². The zero-order valence-electron chi connectivity index (χ0n) is 8.86. The van der Waals surface area contributed by atoms with Crippen molar-refractivity contribution >= 4 is 15.5 Å². The summed E-state index contributed by atoms with van der Waals surface area (Å²) >= 11 is 0. The van der Waals surface area contributed by atoms with Crippen molar-refractivity contribution in [1.29, 1.82) is 0 Å². The van der Waals surface area contributed by atoms with Crippen LogP contribution >= 0.6 is 0 Å². The van der Waals surface area contributed by atoms with Crippen LogP contribution in [0.25, 0.3) is 0 Å². The first-order valence-electron chi connectivity index (χ1n) is 4.55. The Balaban J connectivity index is 2.55. The highest BCUT2D eigenvalue weighted by Gasteiger charge is 2.03. The van der Waals surface area contributed by atoms with Gasteiger partial charge in [0.1, 0.15) is 12.4 Å². The molecule has 0 fully saturated rings. The average molecular weight is 229 g/mol. The van der Waals surface area contributed by atoms with E-state index < -0.39 is 9.84 Å². The highest BCUT2D eigenvalue weighted by molar-refractivity contribution is 7.90. The van der Waals surface area contributed by atoms with Crippen LogP contribution in [0.3, 0.4) is 0 Å². The zero-order chi connectivity index (χ0) is 11.5. The molecule has 1 aromatic rings. The summed E-state index contributed by atoms with van der Waals surface area (Å²) in [4.78, 5) is 0. The summed E-state index contributed by atoms with van der Waals surface area (Å²) in [6.45, 7) is 2.04. The molecule has 0 unspecified atom stereocenters. The van der Waals surface area contributed by atoms with Crippen LogP contribution in [0.2, 0.25) is 0 Å². The highest BCUT2D eigenvalue weighted by Crippen LogP contribution is 2.18. The summed E-state index contributed by atoms with van der Waals surface area (Å²) < 4.78 is 27.0. The molecule has 5 heteroatoms. The van der Waals surface area contributed by atoms with Gasteiger partial charge in [-0.05, 0) is 30.7 Å². The largest absolute Gasteiger partial charge is 0.493 e. The van der Waals surface area contributed by atoms with Crippen molar-refractivity contribution in [2.45, 2.75) is 6.92 Å². The van der Waals surface area contributed by atoms with Crippen LogP contribution < -0.4 is 10.5 Å². The van der Waals surface area contributed by atoms with Gasteiger partial charge in [0.2, 0.25) is 0 Å². The van der Waals surface area contributed by atoms with Crippen molar-refractivity contribution in [3.63, 3.8) is 0 Å². The fraction of sp³-hybridized carbons (Fsp3) is 0.400. The Morgan fingerprint density at radius 2 is 2.07 bits per heavy atom. The second-order valence-electron chi connectivity index (χ2n) is 3.50. The number of rotatable bonds is 4. The molecule has 15 heavy (non-hydrogen) atoms. The number of nitrogens with two attached hydrogens (primary N) is 1. The van der Waals surface area contributed by atoms with Gasteiger partial charge >= 0.3 is 0 Å². The molecule has 0 saturated heterocycles. The van der Waals surface area contributed by atoms with Gasteiger partial charge in [0.25, 0.3) is 0 Å². The average Bonchev–Trinajstić information content (AvgIpc) is 2.09. The number of nitrogen functional groups attached to an aromatic ring is 1. The number of hydrogen-bond acceptors (Lipinski definition) is 4. The summed E-state index contributed by atoms with van der Waals surface area (Å²) in [5.41, 5.74) is 7.26. The van der Waals surface area contributed by atoms with Gasteiger partial charge in [0.05, 0.1) is 5.75 Å². The molecule has 0 aliphatic carbocycles. The number of hydrogen-bond donors (Lipinski definition) is 1. The predicted molar refractivity (Wildman–Crippen MR) is 60.8 cm³/mol. The Hall–Kier alpha value is -1.23. The maximum atomic E-state index is 10.8. The lowest BCUT2D eigenvalue weighted by atomic mass is 10.2. The smallest absolute Gasteiger partial charge is 0.150 e. The maximum absolute atomic E-state index is 10.8. The molecule has 84 valence electrons. The minimum atomic E-state index is -2.96. The highest BCUT2D eigenvalue weighted by atomic mass is 32.2. The molecular weight excluding hydrogens is 214 g/mol. The third kappa shape index (κ3) is 4.20. The van der Waals surface area contributed by atoms with Crippen molar-refractivity contribution in [2.75, 3.05) is 24.3 Å². The summed E-state index contributed by atoms with van der Waals surface area (Å²) in [5.74, 6) is 0.668. The molecule has 1 rings (SSSR count). The third-order valence-corrected chi connectivity index (χ3v) is 2.87. The fourth-order valence-corrected chi connectivity index (χ4v) is 1.43. The molecule has 4 nitrogen and oxygen atoms in total. The number of benzene rings is 1. The van der Waals surface area contributed by atoms with Crippen molar-refractivity contribution in [3.05, 3.63) is 23.8 Å².